The summed E-state index contributed by atoms with van der Waals surface area (Å²) in [4.78, 5) is 17.5. The first-order valence-electron chi connectivity index (χ1n) is 7.84. The molecule has 0 aliphatic carbocycles. The van der Waals surface area contributed by atoms with Gasteiger partial charge < -0.3 is 9.73 Å². The molecule has 1 N–H and O–H groups in total. The van der Waals surface area contributed by atoms with Crippen LogP contribution in [-0.2, 0) is 6.54 Å². The molecule has 122 valence electrons. The number of hydrogen-bond acceptors (Lipinski definition) is 6. The van der Waals surface area contributed by atoms with E-state index in [1.807, 2.05) is 42.5 Å². The molecule has 0 saturated heterocycles. The third-order valence-electron chi connectivity index (χ3n) is 3.65. The topological polar surface area (TPSA) is 76.7 Å². The van der Waals surface area contributed by atoms with E-state index >= 15 is 0 Å². The number of anilines is 1. The number of hydrogen-bond donors (Lipinski definition) is 1. The first-order chi connectivity index (χ1) is 12.4. The van der Waals surface area contributed by atoms with Gasteiger partial charge >= 0.3 is 0 Å². The summed E-state index contributed by atoms with van der Waals surface area (Å²) in [6.07, 6.45) is 8.63. The Morgan fingerprint density at radius 2 is 1.80 bits per heavy atom. The second-order valence-corrected chi connectivity index (χ2v) is 5.37. The summed E-state index contributed by atoms with van der Waals surface area (Å²) in [5.74, 6) is 2.17. The zero-order valence-electron chi connectivity index (χ0n) is 13.3. The minimum Gasteiger partial charge on any atom is -0.467 e. The fourth-order valence-electron chi connectivity index (χ4n) is 2.42. The van der Waals surface area contributed by atoms with Crippen molar-refractivity contribution in [3.05, 3.63) is 79.3 Å². The van der Waals surface area contributed by atoms with Gasteiger partial charge in [0.25, 0.3) is 0 Å². The predicted octanol–water partition coefficient (Wildman–Crippen LogP) is 3.81. The van der Waals surface area contributed by atoms with Crippen molar-refractivity contribution in [1.82, 2.24) is 19.9 Å². The van der Waals surface area contributed by atoms with Crippen LogP contribution in [0, 0.1) is 0 Å². The van der Waals surface area contributed by atoms with Crippen LogP contribution in [0.1, 0.15) is 5.76 Å². The van der Waals surface area contributed by atoms with Crippen LogP contribution in [0.3, 0.4) is 0 Å². The van der Waals surface area contributed by atoms with Crippen molar-refractivity contribution < 1.29 is 4.42 Å². The van der Waals surface area contributed by atoms with Crippen molar-refractivity contribution >= 4 is 5.82 Å². The average molecular weight is 329 g/mol. The number of nitrogens with zero attached hydrogens (tertiary/aromatic N) is 4. The van der Waals surface area contributed by atoms with Gasteiger partial charge in [0.15, 0.2) is 5.82 Å². The van der Waals surface area contributed by atoms with Crippen molar-refractivity contribution in [1.29, 1.82) is 0 Å². The van der Waals surface area contributed by atoms with Crippen LogP contribution in [0.15, 0.2) is 77.9 Å². The Morgan fingerprint density at radius 1 is 0.880 bits per heavy atom. The Hall–Kier alpha value is -3.54. The van der Waals surface area contributed by atoms with Gasteiger partial charge in [0.2, 0.25) is 0 Å². The van der Waals surface area contributed by atoms with Gasteiger partial charge in [-0.1, -0.05) is 0 Å². The van der Waals surface area contributed by atoms with E-state index < -0.39 is 0 Å². The first-order valence-corrected chi connectivity index (χ1v) is 7.84. The molecule has 0 radical (unpaired) electrons. The molecule has 0 aliphatic rings. The van der Waals surface area contributed by atoms with Gasteiger partial charge in [0, 0.05) is 42.0 Å². The summed E-state index contributed by atoms with van der Waals surface area (Å²) < 4.78 is 5.36. The molecule has 0 atom stereocenters. The van der Waals surface area contributed by atoms with E-state index in [1.54, 1.807) is 31.1 Å². The lowest BCUT2D eigenvalue weighted by Crippen LogP contribution is -2.03. The largest absolute Gasteiger partial charge is 0.467 e. The molecular formula is C19H15N5O. The van der Waals surface area contributed by atoms with Crippen LogP contribution in [0.25, 0.3) is 22.6 Å². The zero-order chi connectivity index (χ0) is 16.9. The summed E-state index contributed by atoms with van der Waals surface area (Å²) in [6, 6.07) is 13.3. The van der Waals surface area contributed by atoms with Crippen LogP contribution in [0.4, 0.5) is 5.82 Å². The highest BCUT2D eigenvalue weighted by Crippen LogP contribution is 2.24. The molecule has 0 bridgehead atoms. The number of furan rings is 1. The zero-order valence-corrected chi connectivity index (χ0v) is 13.3. The van der Waals surface area contributed by atoms with E-state index in [0.717, 1.165) is 28.4 Å². The molecule has 6 heteroatoms. The van der Waals surface area contributed by atoms with Crippen molar-refractivity contribution in [2.24, 2.45) is 0 Å². The van der Waals surface area contributed by atoms with Gasteiger partial charge in [-0.25, -0.2) is 9.97 Å². The summed E-state index contributed by atoms with van der Waals surface area (Å²) in [5, 5.41) is 3.29. The highest BCUT2D eigenvalue weighted by molar-refractivity contribution is 5.66. The number of rotatable bonds is 5. The molecule has 0 saturated carbocycles. The third kappa shape index (κ3) is 3.53. The normalized spacial score (nSPS) is 10.6. The van der Waals surface area contributed by atoms with Gasteiger partial charge in [-0.15, -0.1) is 0 Å². The summed E-state index contributed by atoms with van der Waals surface area (Å²) in [5.41, 5.74) is 2.65. The Morgan fingerprint density at radius 3 is 2.56 bits per heavy atom. The number of pyridine rings is 2. The van der Waals surface area contributed by atoms with Crippen LogP contribution in [-0.4, -0.2) is 19.9 Å². The number of nitrogens with one attached hydrogen (secondary N) is 1. The molecule has 0 fully saturated rings. The SMILES string of the molecule is c1cncc(-c2nc(NCc3ccco3)cc(-c3ccncc3)n2)c1. The summed E-state index contributed by atoms with van der Waals surface area (Å²) in [6.45, 7) is 0.548. The van der Waals surface area contributed by atoms with Gasteiger partial charge in [-0.2, -0.15) is 0 Å². The standard InChI is InChI=1S/C19H15N5O/c1-3-15(12-21-7-1)19-23-17(14-5-8-20-9-6-14)11-18(24-19)22-13-16-4-2-10-25-16/h1-12H,13H2,(H,22,23,24). The number of aromatic nitrogens is 4. The van der Waals surface area contributed by atoms with E-state index in [1.165, 1.54) is 0 Å². The van der Waals surface area contributed by atoms with Gasteiger partial charge in [0.05, 0.1) is 18.5 Å². The Bertz CT molecular complexity index is 882. The van der Waals surface area contributed by atoms with Crippen molar-refractivity contribution in [3.63, 3.8) is 0 Å². The lowest BCUT2D eigenvalue weighted by Gasteiger charge is -2.09. The molecule has 25 heavy (non-hydrogen) atoms. The molecule has 4 aromatic rings. The van der Waals surface area contributed by atoms with Gasteiger partial charge in [-0.05, 0) is 36.4 Å². The first kappa shape index (κ1) is 15.0. The maximum Gasteiger partial charge on any atom is 0.163 e. The van der Waals surface area contributed by atoms with E-state index in [2.05, 4.69) is 25.3 Å². The van der Waals surface area contributed by atoms with Crippen LogP contribution in [0.5, 0.6) is 0 Å². The van der Waals surface area contributed by atoms with Crippen molar-refractivity contribution in [3.8, 4) is 22.6 Å². The molecule has 6 nitrogen and oxygen atoms in total. The molecule has 0 aliphatic heterocycles. The molecular weight excluding hydrogens is 314 g/mol. The maximum absolute atomic E-state index is 5.36. The smallest absolute Gasteiger partial charge is 0.163 e. The molecule has 4 aromatic heterocycles. The van der Waals surface area contributed by atoms with Crippen molar-refractivity contribution in [2.75, 3.05) is 5.32 Å². The molecule has 0 unspecified atom stereocenters. The quantitative estimate of drug-likeness (QED) is 0.600. The maximum atomic E-state index is 5.36. The highest BCUT2D eigenvalue weighted by atomic mass is 16.3. The monoisotopic (exact) mass is 329 g/mol. The van der Waals surface area contributed by atoms with Gasteiger partial charge in [-0.3, -0.25) is 9.97 Å². The molecule has 4 heterocycles. The minimum atomic E-state index is 0.548. The second kappa shape index (κ2) is 6.92. The fraction of sp³-hybridized carbons (Fsp3) is 0.0526. The average Bonchev–Trinajstić information content (AvgIpc) is 3.21. The lowest BCUT2D eigenvalue weighted by molar-refractivity contribution is 0.518. The van der Waals surface area contributed by atoms with E-state index in [9.17, 15) is 0 Å². The highest BCUT2D eigenvalue weighted by Gasteiger charge is 2.09. The van der Waals surface area contributed by atoms with E-state index in [0.29, 0.717) is 12.4 Å². The summed E-state index contributed by atoms with van der Waals surface area (Å²) >= 11 is 0. The van der Waals surface area contributed by atoms with E-state index in [-0.39, 0.29) is 0 Å². The second-order valence-electron chi connectivity index (χ2n) is 5.37. The lowest BCUT2D eigenvalue weighted by atomic mass is 10.1. The van der Waals surface area contributed by atoms with Crippen molar-refractivity contribution in [2.45, 2.75) is 6.54 Å². The third-order valence-corrected chi connectivity index (χ3v) is 3.65. The Balaban J connectivity index is 1.72. The van der Waals surface area contributed by atoms with Gasteiger partial charge in [0.1, 0.15) is 11.6 Å². The van der Waals surface area contributed by atoms with Crippen LogP contribution in [0.2, 0.25) is 0 Å². The van der Waals surface area contributed by atoms with Crippen LogP contribution >= 0.6 is 0 Å². The predicted molar refractivity (Wildman–Crippen MR) is 94.5 cm³/mol. The van der Waals surface area contributed by atoms with Crippen LogP contribution < -0.4 is 5.32 Å². The Labute approximate surface area is 144 Å². The molecule has 0 aromatic carbocycles. The fourth-order valence-corrected chi connectivity index (χ4v) is 2.42. The van der Waals surface area contributed by atoms with E-state index in [4.69, 9.17) is 4.42 Å². The Kier molecular flexibility index (Phi) is 4.16. The summed E-state index contributed by atoms with van der Waals surface area (Å²) in [7, 11) is 0. The molecule has 4 rings (SSSR count). The minimum absolute atomic E-state index is 0.548. The molecule has 0 spiro atoms. The molecule has 0 amide bonds.